The number of methoxy groups -OCH3 is 1. The minimum Gasteiger partial charge on any atom is -0.493 e. The lowest BCUT2D eigenvalue weighted by atomic mass is 10.1. The third-order valence-corrected chi connectivity index (χ3v) is 5.73. The van der Waals surface area contributed by atoms with Crippen LogP contribution < -0.4 is 19.6 Å². The van der Waals surface area contributed by atoms with Crippen LogP contribution in [0.4, 0.5) is 0 Å². The molecule has 0 aromatic heterocycles. The van der Waals surface area contributed by atoms with Crippen molar-refractivity contribution in [1.82, 2.24) is 5.43 Å². The Labute approximate surface area is 222 Å². The molecule has 0 atom stereocenters. The van der Waals surface area contributed by atoms with E-state index in [9.17, 15) is 9.59 Å². The molecule has 37 heavy (non-hydrogen) atoms. The van der Waals surface area contributed by atoms with Crippen LogP contribution in [0.15, 0.2) is 107 Å². The molecular formula is C29H23BrN2O5. The summed E-state index contributed by atoms with van der Waals surface area (Å²) in [6, 6.07) is 29.3. The van der Waals surface area contributed by atoms with Crippen molar-refractivity contribution in [3.05, 3.63) is 113 Å². The summed E-state index contributed by atoms with van der Waals surface area (Å²) in [6.07, 6.45) is 1.45. The van der Waals surface area contributed by atoms with E-state index in [4.69, 9.17) is 14.2 Å². The predicted octanol–water partition coefficient (Wildman–Crippen LogP) is 5.87. The number of amides is 1. The Kier molecular flexibility index (Phi) is 8.67. The van der Waals surface area contributed by atoms with E-state index in [0.29, 0.717) is 22.6 Å². The highest BCUT2D eigenvalue weighted by molar-refractivity contribution is 9.10. The molecule has 0 bridgehead atoms. The van der Waals surface area contributed by atoms with Crippen LogP contribution in [0.2, 0.25) is 0 Å². The van der Waals surface area contributed by atoms with Crippen LogP contribution in [-0.4, -0.2) is 31.8 Å². The molecule has 0 aliphatic rings. The Bertz CT molecular complexity index is 1390. The van der Waals surface area contributed by atoms with E-state index in [0.717, 1.165) is 15.6 Å². The van der Waals surface area contributed by atoms with Gasteiger partial charge in [-0.05, 0) is 71.3 Å². The van der Waals surface area contributed by atoms with Gasteiger partial charge in [-0.15, -0.1) is 0 Å². The van der Waals surface area contributed by atoms with E-state index in [1.165, 1.54) is 13.3 Å². The molecule has 0 saturated heterocycles. The first-order valence-electron chi connectivity index (χ1n) is 11.3. The lowest BCUT2D eigenvalue weighted by Crippen LogP contribution is -2.24. The maximum absolute atomic E-state index is 12.4. The highest BCUT2D eigenvalue weighted by Gasteiger charge is 2.13. The normalized spacial score (nSPS) is 10.6. The third kappa shape index (κ3) is 7.28. The fourth-order valence-electron chi connectivity index (χ4n) is 3.33. The van der Waals surface area contributed by atoms with E-state index in [1.807, 2.05) is 54.6 Å². The Morgan fingerprint density at radius 3 is 2.27 bits per heavy atom. The first-order valence-corrected chi connectivity index (χ1v) is 12.1. The van der Waals surface area contributed by atoms with Gasteiger partial charge in [0.05, 0.1) is 18.9 Å². The van der Waals surface area contributed by atoms with Gasteiger partial charge in [0.1, 0.15) is 5.75 Å². The number of hydrazone groups is 1. The van der Waals surface area contributed by atoms with Gasteiger partial charge < -0.3 is 14.2 Å². The van der Waals surface area contributed by atoms with Gasteiger partial charge in [-0.1, -0.05) is 58.4 Å². The number of hydrogen-bond donors (Lipinski definition) is 1. The molecule has 8 heteroatoms. The quantitative estimate of drug-likeness (QED) is 0.120. The first-order chi connectivity index (χ1) is 18.0. The summed E-state index contributed by atoms with van der Waals surface area (Å²) in [6.45, 7) is -0.184. The summed E-state index contributed by atoms with van der Waals surface area (Å²) >= 11 is 3.33. The molecule has 1 amide bonds. The van der Waals surface area contributed by atoms with Gasteiger partial charge in [-0.25, -0.2) is 10.2 Å². The summed E-state index contributed by atoms with van der Waals surface area (Å²) < 4.78 is 17.2. The molecule has 0 aliphatic heterocycles. The monoisotopic (exact) mass is 558 g/mol. The molecule has 0 heterocycles. The Hall–Kier alpha value is -4.43. The lowest BCUT2D eigenvalue weighted by Gasteiger charge is -2.10. The number of nitrogens with zero attached hydrogens (tertiary/aromatic N) is 1. The number of rotatable bonds is 9. The topological polar surface area (TPSA) is 86.2 Å². The van der Waals surface area contributed by atoms with E-state index in [2.05, 4.69) is 26.5 Å². The largest absolute Gasteiger partial charge is 0.493 e. The van der Waals surface area contributed by atoms with Crippen LogP contribution in [-0.2, 0) is 4.79 Å². The van der Waals surface area contributed by atoms with Crippen molar-refractivity contribution in [3.8, 4) is 28.4 Å². The summed E-state index contributed by atoms with van der Waals surface area (Å²) in [5.41, 5.74) is 5.64. The second kappa shape index (κ2) is 12.5. The summed E-state index contributed by atoms with van der Waals surface area (Å²) in [7, 11) is 1.47. The maximum atomic E-state index is 12.4. The lowest BCUT2D eigenvalue weighted by molar-refractivity contribution is -0.123. The molecule has 0 radical (unpaired) electrons. The fourth-order valence-corrected chi connectivity index (χ4v) is 3.59. The number of carbonyl (C=O) groups excluding carboxylic acids is 2. The predicted molar refractivity (Wildman–Crippen MR) is 145 cm³/mol. The molecule has 4 aromatic carbocycles. The fraction of sp³-hybridized carbons (Fsp3) is 0.0690. The van der Waals surface area contributed by atoms with Crippen LogP contribution in [0.5, 0.6) is 17.2 Å². The number of halogens is 1. The number of carbonyl (C=O) groups is 2. The van der Waals surface area contributed by atoms with Gasteiger partial charge in [0.2, 0.25) is 0 Å². The zero-order chi connectivity index (χ0) is 26.0. The van der Waals surface area contributed by atoms with Crippen molar-refractivity contribution in [1.29, 1.82) is 0 Å². The zero-order valence-electron chi connectivity index (χ0n) is 19.9. The molecule has 4 rings (SSSR count). The molecule has 0 spiro atoms. The van der Waals surface area contributed by atoms with Gasteiger partial charge in [0, 0.05) is 4.47 Å². The Morgan fingerprint density at radius 1 is 0.865 bits per heavy atom. The number of esters is 1. The van der Waals surface area contributed by atoms with Crippen molar-refractivity contribution in [3.63, 3.8) is 0 Å². The molecule has 0 aliphatic carbocycles. The minimum absolute atomic E-state index is 0.184. The smallest absolute Gasteiger partial charge is 0.343 e. The van der Waals surface area contributed by atoms with Gasteiger partial charge in [0.15, 0.2) is 18.1 Å². The van der Waals surface area contributed by atoms with Crippen LogP contribution >= 0.6 is 15.9 Å². The maximum Gasteiger partial charge on any atom is 0.343 e. The average Bonchev–Trinajstić information content (AvgIpc) is 2.93. The van der Waals surface area contributed by atoms with Gasteiger partial charge in [0.25, 0.3) is 5.91 Å². The Morgan fingerprint density at radius 2 is 1.57 bits per heavy atom. The second-order valence-electron chi connectivity index (χ2n) is 7.78. The van der Waals surface area contributed by atoms with E-state index in [1.54, 1.807) is 42.5 Å². The molecule has 186 valence electrons. The molecule has 0 fully saturated rings. The molecule has 1 N–H and O–H groups in total. The second-order valence-corrected chi connectivity index (χ2v) is 8.69. The summed E-state index contributed by atoms with van der Waals surface area (Å²) in [5, 5.41) is 3.96. The molecule has 0 saturated carbocycles. The summed E-state index contributed by atoms with van der Waals surface area (Å²) in [4.78, 5) is 24.5. The number of hydrogen-bond acceptors (Lipinski definition) is 6. The van der Waals surface area contributed by atoms with Crippen LogP contribution in [0, 0.1) is 0 Å². The summed E-state index contributed by atoms with van der Waals surface area (Å²) in [5.74, 6) is 0.285. The van der Waals surface area contributed by atoms with Crippen molar-refractivity contribution in [2.45, 2.75) is 0 Å². The van der Waals surface area contributed by atoms with Gasteiger partial charge in [-0.2, -0.15) is 5.10 Å². The molecule has 0 unspecified atom stereocenters. The molecule has 4 aromatic rings. The highest BCUT2D eigenvalue weighted by atomic mass is 79.9. The molecular weight excluding hydrogens is 536 g/mol. The van der Waals surface area contributed by atoms with Gasteiger partial charge >= 0.3 is 5.97 Å². The van der Waals surface area contributed by atoms with E-state index >= 15 is 0 Å². The van der Waals surface area contributed by atoms with Crippen molar-refractivity contribution < 1.29 is 23.8 Å². The number of nitrogens with one attached hydrogen (secondary N) is 1. The number of ether oxygens (including phenoxy) is 3. The van der Waals surface area contributed by atoms with Crippen molar-refractivity contribution in [2.75, 3.05) is 13.7 Å². The molecule has 7 nitrogen and oxygen atoms in total. The first kappa shape index (κ1) is 25.7. The highest BCUT2D eigenvalue weighted by Crippen LogP contribution is 2.28. The number of benzene rings is 4. The van der Waals surface area contributed by atoms with Crippen molar-refractivity contribution >= 4 is 34.0 Å². The minimum atomic E-state index is -0.505. The van der Waals surface area contributed by atoms with Crippen molar-refractivity contribution in [2.24, 2.45) is 5.10 Å². The van der Waals surface area contributed by atoms with E-state index < -0.39 is 11.9 Å². The standard InChI is InChI=1S/C29H23BrN2O5/c1-35-27-17-20(7-16-26(27)37-29(34)23-8-12-24(30)13-9-23)18-31-32-28(33)19-36-25-14-10-22(11-15-25)21-5-3-2-4-6-21/h2-18H,19H2,1H3,(H,32,33)/b31-18+. The van der Waals surface area contributed by atoms with Crippen LogP contribution in [0.3, 0.4) is 0 Å². The van der Waals surface area contributed by atoms with Gasteiger partial charge in [-0.3, -0.25) is 4.79 Å². The third-order valence-electron chi connectivity index (χ3n) is 5.20. The van der Waals surface area contributed by atoms with Crippen LogP contribution in [0.1, 0.15) is 15.9 Å². The van der Waals surface area contributed by atoms with Crippen LogP contribution in [0.25, 0.3) is 11.1 Å². The van der Waals surface area contributed by atoms with E-state index in [-0.39, 0.29) is 12.4 Å². The average molecular weight is 559 g/mol. The SMILES string of the molecule is COc1cc(/C=N/NC(=O)COc2ccc(-c3ccccc3)cc2)ccc1OC(=O)c1ccc(Br)cc1. The zero-order valence-corrected chi connectivity index (χ0v) is 21.5. The Balaban J connectivity index is 1.28.